The first-order chi connectivity index (χ1) is 6.48. The number of pyridine rings is 1. The van der Waals surface area contributed by atoms with Crippen molar-refractivity contribution in [3.63, 3.8) is 0 Å². The van der Waals surface area contributed by atoms with Gasteiger partial charge in [-0.2, -0.15) is 0 Å². The van der Waals surface area contributed by atoms with Gasteiger partial charge in [0.1, 0.15) is 5.65 Å². The molecule has 0 aliphatic rings. The Bertz CT molecular complexity index is 466. The number of hydrogen-bond donors (Lipinski definition) is 1. The summed E-state index contributed by atoms with van der Waals surface area (Å²) in [6.45, 7) is 5.55. The highest BCUT2D eigenvalue weighted by Gasteiger charge is 2.16. The van der Waals surface area contributed by atoms with Crippen molar-refractivity contribution in [2.24, 2.45) is 0 Å². The van der Waals surface area contributed by atoms with Gasteiger partial charge >= 0.3 is 0 Å². The van der Waals surface area contributed by atoms with E-state index in [1.54, 1.807) is 13.8 Å². The summed E-state index contributed by atoms with van der Waals surface area (Å²) in [5.74, 6) is 0. The summed E-state index contributed by atoms with van der Waals surface area (Å²) in [5.41, 5.74) is 2.08. The lowest BCUT2D eigenvalue weighted by atomic mass is 10.0. The van der Waals surface area contributed by atoms with Gasteiger partial charge in [-0.15, -0.1) is 0 Å². The minimum atomic E-state index is -0.801. The number of nitrogens with zero attached hydrogens (tertiary/aromatic N) is 2. The molecular weight excluding hydrogens is 176 g/mol. The quantitative estimate of drug-likeness (QED) is 0.745. The molecule has 2 aromatic rings. The van der Waals surface area contributed by atoms with Gasteiger partial charge in [-0.25, -0.2) is 4.98 Å². The average Bonchev–Trinajstić information content (AvgIpc) is 2.46. The van der Waals surface area contributed by atoms with Crippen molar-refractivity contribution in [3.8, 4) is 0 Å². The van der Waals surface area contributed by atoms with Crippen LogP contribution in [-0.2, 0) is 5.60 Å². The number of aryl methyl sites for hydroxylation is 1. The lowest BCUT2D eigenvalue weighted by molar-refractivity contribution is 0.0781. The van der Waals surface area contributed by atoms with E-state index in [1.165, 1.54) is 0 Å². The van der Waals surface area contributed by atoms with Crippen molar-refractivity contribution in [2.75, 3.05) is 0 Å². The minimum Gasteiger partial charge on any atom is -0.386 e. The number of fused-ring (bicyclic) bond motifs is 1. The van der Waals surface area contributed by atoms with E-state index in [0.29, 0.717) is 0 Å². The molecule has 0 amide bonds. The Balaban J connectivity index is 2.66. The number of aliphatic hydroxyl groups is 1. The van der Waals surface area contributed by atoms with Crippen molar-refractivity contribution in [2.45, 2.75) is 26.4 Å². The summed E-state index contributed by atoms with van der Waals surface area (Å²) in [7, 11) is 0. The SMILES string of the molecule is Cc1cnc2ccc(C(C)(C)O)cn12. The third-order valence-corrected chi connectivity index (χ3v) is 2.40. The van der Waals surface area contributed by atoms with Gasteiger partial charge in [0.05, 0.1) is 5.60 Å². The van der Waals surface area contributed by atoms with E-state index in [-0.39, 0.29) is 0 Å². The second kappa shape index (κ2) is 2.82. The maximum atomic E-state index is 9.84. The van der Waals surface area contributed by atoms with Crippen LogP contribution in [0.1, 0.15) is 25.1 Å². The molecule has 0 aliphatic carbocycles. The molecule has 0 spiro atoms. The van der Waals surface area contributed by atoms with E-state index in [1.807, 2.05) is 35.9 Å². The maximum absolute atomic E-state index is 9.84. The number of imidazole rings is 1. The van der Waals surface area contributed by atoms with Gasteiger partial charge in [-0.3, -0.25) is 0 Å². The smallest absolute Gasteiger partial charge is 0.136 e. The molecule has 0 atom stereocenters. The predicted molar refractivity (Wildman–Crippen MR) is 55.2 cm³/mol. The van der Waals surface area contributed by atoms with Crippen molar-refractivity contribution < 1.29 is 5.11 Å². The highest BCUT2D eigenvalue weighted by molar-refractivity contribution is 5.42. The van der Waals surface area contributed by atoms with Gasteiger partial charge < -0.3 is 9.51 Å². The molecule has 2 aromatic heterocycles. The third kappa shape index (κ3) is 1.40. The van der Waals surface area contributed by atoms with Gasteiger partial charge in [-0.1, -0.05) is 6.07 Å². The number of aromatic nitrogens is 2. The molecule has 3 heteroatoms. The molecule has 0 radical (unpaired) electrons. The minimum absolute atomic E-state index is 0.801. The van der Waals surface area contributed by atoms with Crippen LogP contribution in [-0.4, -0.2) is 14.5 Å². The van der Waals surface area contributed by atoms with Crippen LogP contribution in [0.15, 0.2) is 24.5 Å². The molecule has 0 aromatic carbocycles. The van der Waals surface area contributed by atoms with Crippen LogP contribution in [0.5, 0.6) is 0 Å². The fraction of sp³-hybridized carbons (Fsp3) is 0.364. The molecular formula is C11H14N2O. The van der Waals surface area contributed by atoms with E-state index >= 15 is 0 Å². The van der Waals surface area contributed by atoms with E-state index in [2.05, 4.69) is 4.98 Å². The van der Waals surface area contributed by atoms with Crippen molar-refractivity contribution in [1.82, 2.24) is 9.38 Å². The van der Waals surface area contributed by atoms with E-state index in [9.17, 15) is 5.11 Å². The standard InChI is InChI=1S/C11H14N2O/c1-8-6-12-10-5-4-9(7-13(8)10)11(2,3)14/h4-7,14H,1-3H3. The summed E-state index contributed by atoms with van der Waals surface area (Å²) in [6, 6.07) is 3.82. The first-order valence-corrected chi connectivity index (χ1v) is 4.65. The molecule has 0 saturated carbocycles. The van der Waals surface area contributed by atoms with Crippen molar-refractivity contribution in [1.29, 1.82) is 0 Å². The third-order valence-electron chi connectivity index (χ3n) is 2.40. The van der Waals surface area contributed by atoms with Crippen LogP contribution >= 0.6 is 0 Å². The molecule has 0 saturated heterocycles. The van der Waals surface area contributed by atoms with E-state index in [4.69, 9.17) is 0 Å². The summed E-state index contributed by atoms with van der Waals surface area (Å²) in [4.78, 5) is 4.22. The molecule has 0 bridgehead atoms. The Labute approximate surface area is 83.0 Å². The van der Waals surface area contributed by atoms with Crippen molar-refractivity contribution in [3.05, 3.63) is 35.8 Å². The maximum Gasteiger partial charge on any atom is 0.136 e. The number of hydrogen-bond acceptors (Lipinski definition) is 2. The first kappa shape index (κ1) is 9.21. The monoisotopic (exact) mass is 190 g/mol. The van der Waals surface area contributed by atoms with E-state index in [0.717, 1.165) is 16.9 Å². The molecule has 2 rings (SSSR count). The summed E-state index contributed by atoms with van der Waals surface area (Å²) in [6.07, 6.45) is 3.75. The van der Waals surface area contributed by atoms with Crippen LogP contribution in [0.2, 0.25) is 0 Å². The van der Waals surface area contributed by atoms with E-state index < -0.39 is 5.60 Å². The van der Waals surface area contributed by atoms with Crippen LogP contribution in [0.25, 0.3) is 5.65 Å². The zero-order valence-corrected chi connectivity index (χ0v) is 8.65. The fourth-order valence-electron chi connectivity index (χ4n) is 1.46. The van der Waals surface area contributed by atoms with Gasteiger partial charge in [0.2, 0.25) is 0 Å². The molecule has 0 unspecified atom stereocenters. The second-order valence-corrected chi connectivity index (χ2v) is 4.10. The molecule has 14 heavy (non-hydrogen) atoms. The van der Waals surface area contributed by atoms with Crippen molar-refractivity contribution >= 4 is 5.65 Å². The zero-order chi connectivity index (χ0) is 10.3. The Morgan fingerprint density at radius 3 is 2.71 bits per heavy atom. The lowest BCUT2D eigenvalue weighted by Crippen LogP contribution is -2.16. The Kier molecular flexibility index (Phi) is 1.86. The summed E-state index contributed by atoms with van der Waals surface area (Å²) >= 11 is 0. The van der Waals surface area contributed by atoms with Crippen LogP contribution in [0.4, 0.5) is 0 Å². The van der Waals surface area contributed by atoms with Gasteiger partial charge in [0.25, 0.3) is 0 Å². The highest BCUT2D eigenvalue weighted by atomic mass is 16.3. The Hall–Kier alpha value is -1.35. The second-order valence-electron chi connectivity index (χ2n) is 4.10. The zero-order valence-electron chi connectivity index (χ0n) is 8.65. The first-order valence-electron chi connectivity index (χ1n) is 4.65. The predicted octanol–water partition coefficient (Wildman–Crippen LogP) is 1.87. The fourth-order valence-corrected chi connectivity index (χ4v) is 1.46. The van der Waals surface area contributed by atoms with Crippen LogP contribution in [0.3, 0.4) is 0 Å². The van der Waals surface area contributed by atoms with Gasteiger partial charge in [-0.05, 0) is 32.4 Å². The normalized spacial score (nSPS) is 12.3. The molecule has 74 valence electrons. The van der Waals surface area contributed by atoms with Gasteiger partial charge in [0, 0.05) is 18.1 Å². The molecule has 2 heterocycles. The summed E-state index contributed by atoms with van der Waals surface area (Å²) in [5, 5.41) is 9.84. The Morgan fingerprint density at radius 2 is 2.07 bits per heavy atom. The largest absolute Gasteiger partial charge is 0.386 e. The summed E-state index contributed by atoms with van der Waals surface area (Å²) < 4.78 is 1.98. The number of rotatable bonds is 1. The molecule has 3 nitrogen and oxygen atoms in total. The lowest BCUT2D eigenvalue weighted by Gasteiger charge is -2.17. The Morgan fingerprint density at radius 1 is 1.36 bits per heavy atom. The van der Waals surface area contributed by atoms with Gasteiger partial charge in [0.15, 0.2) is 0 Å². The molecule has 1 N–H and O–H groups in total. The molecule has 0 fully saturated rings. The van der Waals surface area contributed by atoms with Crippen LogP contribution in [0, 0.1) is 6.92 Å². The van der Waals surface area contributed by atoms with Crippen LogP contribution < -0.4 is 0 Å². The average molecular weight is 190 g/mol. The topological polar surface area (TPSA) is 37.5 Å². The highest BCUT2D eigenvalue weighted by Crippen LogP contribution is 2.20. The molecule has 0 aliphatic heterocycles.